The molecule has 0 aromatic heterocycles. The maximum absolute atomic E-state index is 11.8. The minimum absolute atomic E-state index is 0.107. The zero-order valence-electron chi connectivity index (χ0n) is 12.0. The Morgan fingerprint density at radius 2 is 1.83 bits per heavy atom. The van der Waals surface area contributed by atoms with E-state index in [-0.39, 0.29) is 17.7 Å². The van der Waals surface area contributed by atoms with Gasteiger partial charge in [0.2, 0.25) is 11.8 Å². The van der Waals surface area contributed by atoms with Crippen LogP contribution in [0, 0.1) is 11.8 Å². The van der Waals surface area contributed by atoms with Crippen molar-refractivity contribution in [3.63, 3.8) is 0 Å². The van der Waals surface area contributed by atoms with Gasteiger partial charge in [0.25, 0.3) is 0 Å². The predicted octanol–water partition coefficient (Wildman–Crippen LogP) is 0.638. The fourth-order valence-electron chi connectivity index (χ4n) is 1.89. The van der Waals surface area contributed by atoms with Crippen molar-refractivity contribution in [1.82, 2.24) is 10.6 Å². The van der Waals surface area contributed by atoms with Crippen LogP contribution in [0.2, 0.25) is 0 Å². The van der Waals surface area contributed by atoms with Crippen molar-refractivity contribution >= 4 is 11.8 Å². The van der Waals surface area contributed by atoms with E-state index in [4.69, 9.17) is 5.73 Å². The molecular weight excluding hydrogens is 230 g/mol. The van der Waals surface area contributed by atoms with Gasteiger partial charge in [-0.3, -0.25) is 9.59 Å². The van der Waals surface area contributed by atoms with Gasteiger partial charge in [-0.1, -0.05) is 13.8 Å². The molecule has 5 heteroatoms. The maximum atomic E-state index is 11.8. The summed E-state index contributed by atoms with van der Waals surface area (Å²) in [6.07, 6.45) is 1.32. The Kier molecular flexibility index (Phi) is 8.37. The van der Waals surface area contributed by atoms with Crippen LogP contribution in [0.1, 0.15) is 40.5 Å². The average molecular weight is 257 g/mol. The standard InChI is InChI=1S/C13H27N3O2/c1-5-15-13(18)10(4)16-12(17)7-11(8-14)6-9(2)3/h9-11H,5-8,14H2,1-4H3,(H,15,18)(H,16,17)/t10?,11-/m0/s1. The van der Waals surface area contributed by atoms with Crippen LogP contribution in [-0.4, -0.2) is 30.9 Å². The van der Waals surface area contributed by atoms with Gasteiger partial charge < -0.3 is 16.4 Å². The van der Waals surface area contributed by atoms with Crippen LogP contribution in [0.4, 0.5) is 0 Å². The van der Waals surface area contributed by atoms with Gasteiger partial charge in [-0.25, -0.2) is 0 Å². The summed E-state index contributed by atoms with van der Waals surface area (Å²) in [5.74, 6) is 0.447. The van der Waals surface area contributed by atoms with E-state index in [1.54, 1.807) is 6.92 Å². The molecule has 0 aliphatic heterocycles. The van der Waals surface area contributed by atoms with Crippen molar-refractivity contribution < 1.29 is 9.59 Å². The lowest BCUT2D eigenvalue weighted by Crippen LogP contribution is -2.45. The molecule has 0 aromatic carbocycles. The molecule has 0 saturated heterocycles. The third kappa shape index (κ3) is 7.27. The summed E-state index contributed by atoms with van der Waals surface area (Å²) in [5, 5.41) is 5.37. The summed E-state index contributed by atoms with van der Waals surface area (Å²) in [6.45, 7) is 8.82. The third-order valence-electron chi connectivity index (χ3n) is 2.73. The monoisotopic (exact) mass is 257 g/mol. The highest BCUT2D eigenvalue weighted by Gasteiger charge is 2.18. The molecule has 0 radical (unpaired) electrons. The van der Waals surface area contributed by atoms with E-state index in [1.165, 1.54) is 0 Å². The lowest BCUT2D eigenvalue weighted by atomic mass is 9.94. The molecule has 5 nitrogen and oxygen atoms in total. The van der Waals surface area contributed by atoms with Crippen molar-refractivity contribution in [2.75, 3.05) is 13.1 Å². The minimum Gasteiger partial charge on any atom is -0.355 e. The first-order chi connectivity index (χ1) is 8.40. The molecule has 0 fully saturated rings. The van der Waals surface area contributed by atoms with E-state index in [1.807, 2.05) is 6.92 Å². The molecule has 2 atom stereocenters. The number of nitrogens with two attached hydrogens (primary N) is 1. The average Bonchev–Trinajstić information content (AvgIpc) is 2.27. The molecule has 0 bridgehead atoms. The summed E-state index contributed by atoms with van der Waals surface area (Å²) >= 11 is 0. The van der Waals surface area contributed by atoms with Crippen molar-refractivity contribution in [3.05, 3.63) is 0 Å². The van der Waals surface area contributed by atoms with E-state index in [0.29, 0.717) is 25.4 Å². The van der Waals surface area contributed by atoms with E-state index < -0.39 is 6.04 Å². The Labute approximate surface area is 110 Å². The van der Waals surface area contributed by atoms with E-state index >= 15 is 0 Å². The molecule has 0 saturated carbocycles. The smallest absolute Gasteiger partial charge is 0.242 e. The van der Waals surface area contributed by atoms with Gasteiger partial charge in [-0.2, -0.15) is 0 Å². The Morgan fingerprint density at radius 3 is 2.28 bits per heavy atom. The molecule has 1 unspecified atom stereocenters. The number of hydrogen-bond acceptors (Lipinski definition) is 3. The molecule has 0 spiro atoms. The number of amides is 2. The Bertz CT molecular complexity index is 267. The van der Waals surface area contributed by atoms with Crippen molar-refractivity contribution in [3.8, 4) is 0 Å². The normalized spacial score (nSPS) is 14.1. The molecule has 2 amide bonds. The summed E-state index contributed by atoms with van der Waals surface area (Å²) < 4.78 is 0. The first kappa shape index (κ1) is 16.9. The SMILES string of the molecule is CCNC(=O)C(C)NC(=O)C[C@@H](CN)CC(C)C. The van der Waals surface area contributed by atoms with Gasteiger partial charge in [-0.05, 0) is 38.6 Å². The molecule has 0 rings (SSSR count). The number of carbonyl (C=O) groups excluding carboxylic acids is 2. The molecule has 0 aromatic rings. The zero-order chi connectivity index (χ0) is 14.1. The lowest BCUT2D eigenvalue weighted by Gasteiger charge is -2.18. The van der Waals surface area contributed by atoms with Gasteiger partial charge in [-0.15, -0.1) is 0 Å². The summed E-state index contributed by atoms with van der Waals surface area (Å²) in [4.78, 5) is 23.2. The van der Waals surface area contributed by atoms with Crippen LogP contribution in [0.3, 0.4) is 0 Å². The Hall–Kier alpha value is -1.10. The highest BCUT2D eigenvalue weighted by atomic mass is 16.2. The Morgan fingerprint density at radius 1 is 1.22 bits per heavy atom. The van der Waals surface area contributed by atoms with Crippen molar-refractivity contribution in [2.24, 2.45) is 17.6 Å². The number of rotatable bonds is 8. The Balaban J connectivity index is 4.11. The van der Waals surface area contributed by atoms with Crippen molar-refractivity contribution in [1.29, 1.82) is 0 Å². The van der Waals surface area contributed by atoms with Gasteiger partial charge in [0.1, 0.15) is 6.04 Å². The first-order valence-electron chi connectivity index (χ1n) is 6.67. The fourth-order valence-corrected chi connectivity index (χ4v) is 1.89. The molecule has 4 N–H and O–H groups in total. The van der Waals surface area contributed by atoms with Gasteiger partial charge >= 0.3 is 0 Å². The number of nitrogens with one attached hydrogen (secondary N) is 2. The predicted molar refractivity (Wildman–Crippen MR) is 72.9 cm³/mol. The molecular formula is C13H27N3O2. The van der Waals surface area contributed by atoms with Crippen LogP contribution in [0.5, 0.6) is 0 Å². The first-order valence-corrected chi connectivity index (χ1v) is 6.67. The highest BCUT2D eigenvalue weighted by Crippen LogP contribution is 2.14. The summed E-state index contributed by atoms with van der Waals surface area (Å²) in [6, 6.07) is -0.491. The minimum atomic E-state index is -0.491. The third-order valence-corrected chi connectivity index (χ3v) is 2.73. The van der Waals surface area contributed by atoms with E-state index in [0.717, 1.165) is 6.42 Å². The molecule has 0 aliphatic rings. The molecule has 106 valence electrons. The molecule has 0 heterocycles. The van der Waals surface area contributed by atoms with Gasteiger partial charge in [0.05, 0.1) is 0 Å². The fraction of sp³-hybridized carbons (Fsp3) is 0.846. The molecule has 18 heavy (non-hydrogen) atoms. The quantitative estimate of drug-likeness (QED) is 0.596. The second-order valence-corrected chi connectivity index (χ2v) is 5.12. The number of likely N-dealkylation sites (N-methyl/N-ethyl adjacent to an activating group) is 1. The van der Waals surface area contributed by atoms with Crippen LogP contribution in [-0.2, 0) is 9.59 Å². The highest BCUT2D eigenvalue weighted by molar-refractivity contribution is 5.87. The number of carbonyl (C=O) groups is 2. The lowest BCUT2D eigenvalue weighted by molar-refractivity contribution is -0.129. The van der Waals surface area contributed by atoms with E-state index in [9.17, 15) is 9.59 Å². The van der Waals surface area contributed by atoms with Crippen LogP contribution < -0.4 is 16.4 Å². The topological polar surface area (TPSA) is 84.2 Å². The van der Waals surface area contributed by atoms with Gasteiger partial charge in [0, 0.05) is 13.0 Å². The second-order valence-electron chi connectivity index (χ2n) is 5.12. The summed E-state index contributed by atoms with van der Waals surface area (Å²) in [7, 11) is 0. The maximum Gasteiger partial charge on any atom is 0.242 e. The van der Waals surface area contributed by atoms with Crippen LogP contribution in [0.25, 0.3) is 0 Å². The second kappa shape index (κ2) is 8.91. The van der Waals surface area contributed by atoms with E-state index in [2.05, 4.69) is 24.5 Å². The van der Waals surface area contributed by atoms with Gasteiger partial charge in [0.15, 0.2) is 0 Å². The van der Waals surface area contributed by atoms with Crippen LogP contribution >= 0.6 is 0 Å². The van der Waals surface area contributed by atoms with Crippen LogP contribution in [0.15, 0.2) is 0 Å². The number of hydrogen-bond donors (Lipinski definition) is 3. The largest absolute Gasteiger partial charge is 0.355 e. The summed E-state index contributed by atoms with van der Waals surface area (Å²) in [5.41, 5.74) is 5.65. The van der Waals surface area contributed by atoms with Crippen molar-refractivity contribution in [2.45, 2.75) is 46.6 Å². The zero-order valence-corrected chi connectivity index (χ0v) is 12.0. The molecule has 0 aliphatic carbocycles.